The second kappa shape index (κ2) is 10.9. The Kier molecular flexibility index (Phi) is 8.21. The number of benzene rings is 2. The summed E-state index contributed by atoms with van der Waals surface area (Å²) in [5, 5.41) is 2.11. The summed E-state index contributed by atoms with van der Waals surface area (Å²) >= 11 is 0. The number of H-pyrrole nitrogens is 1. The second-order valence-electron chi connectivity index (χ2n) is 7.22. The number of hydrogen-bond donors (Lipinski definition) is 4. The first-order valence-electron chi connectivity index (χ1n) is 9.99. The Morgan fingerprint density at radius 3 is 2.24 bits per heavy atom. The fourth-order valence-corrected chi connectivity index (χ4v) is 3.24. The molecule has 2 aromatic carbocycles. The van der Waals surface area contributed by atoms with Crippen LogP contribution in [0.25, 0.3) is 0 Å². The summed E-state index contributed by atoms with van der Waals surface area (Å²) in [5.74, 6) is -3.38. The van der Waals surface area contributed by atoms with E-state index >= 15 is 0 Å². The van der Waals surface area contributed by atoms with Crippen molar-refractivity contribution in [3.8, 4) is 17.2 Å². The van der Waals surface area contributed by atoms with Crippen LogP contribution in [0.2, 0.25) is 0 Å². The van der Waals surface area contributed by atoms with Crippen molar-refractivity contribution in [1.29, 1.82) is 0 Å². The zero-order valence-electron chi connectivity index (χ0n) is 18.5. The van der Waals surface area contributed by atoms with Crippen LogP contribution >= 0.6 is 7.82 Å². The lowest BCUT2D eigenvalue weighted by molar-refractivity contribution is -0.275. The molecule has 0 saturated heterocycles. The average Bonchev–Trinajstić information content (AvgIpc) is 2.78. The van der Waals surface area contributed by atoms with Gasteiger partial charge in [0.25, 0.3) is 11.5 Å². The van der Waals surface area contributed by atoms with Gasteiger partial charge in [-0.1, -0.05) is 12.1 Å². The van der Waals surface area contributed by atoms with Crippen LogP contribution in [0, 0.1) is 0 Å². The summed E-state index contributed by atoms with van der Waals surface area (Å²) in [6, 6.07) is 6.91. The standard InChI is InChI=1S/C21H15F6N2O8P/c22-20(23,24)11-5-6-15(36-16-3-1-2-4-17(16)37-21(25,26)27)12(9-11)19(31)29-14-7-8-28-18(30)13(14)10-35-38(32,33)34/h1-9H,10H2,(H2,32,33,34)(H2,28,29,30,31). The summed E-state index contributed by atoms with van der Waals surface area (Å²) in [5.41, 5.74) is -3.97. The fraction of sp³-hybridized carbons (Fsp3) is 0.143. The second-order valence-corrected chi connectivity index (χ2v) is 8.46. The van der Waals surface area contributed by atoms with Crippen molar-refractivity contribution in [2.75, 3.05) is 5.32 Å². The highest BCUT2D eigenvalue weighted by atomic mass is 31.2. The molecule has 0 saturated carbocycles. The van der Waals surface area contributed by atoms with Gasteiger partial charge in [0, 0.05) is 6.20 Å². The van der Waals surface area contributed by atoms with E-state index in [4.69, 9.17) is 14.5 Å². The van der Waals surface area contributed by atoms with Crippen LogP contribution < -0.4 is 20.3 Å². The van der Waals surface area contributed by atoms with Gasteiger partial charge in [-0.2, -0.15) is 13.2 Å². The van der Waals surface area contributed by atoms with Gasteiger partial charge in [-0.05, 0) is 36.4 Å². The van der Waals surface area contributed by atoms with Crippen LogP contribution in [0.3, 0.4) is 0 Å². The van der Waals surface area contributed by atoms with Crippen molar-refractivity contribution in [3.05, 3.63) is 81.8 Å². The van der Waals surface area contributed by atoms with Crippen LogP contribution in [0.1, 0.15) is 21.5 Å². The van der Waals surface area contributed by atoms with E-state index in [-0.39, 0.29) is 0 Å². The van der Waals surface area contributed by atoms with Crippen molar-refractivity contribution in [2.45, 2.75) is 19.1 Å². The molecule has 0 aliphatic carbocycles. The van der Waals surface area contributed by atoms with Crippen molar-refractivity contribution < 1.29 is 59.5 Å². The van der Waals surface area contributed by atoms with E-state index in [2.05, 4.69) is 19.6 Å². The van der Waals surface area contributed by atoms with E-state index in [1.807, 2.05) is 0 Å². The topological polar surface area (TPSA) is 147 Å². The molecule has 4 N–H and O–H groups in total. The Labute approximate surface area is 208 Å². The highest BCUT2D eigenvalue weighted by Crippen LogP contribution is 2.39. The van der Waals surface area contributed by atoms with Crippen LogP contribution in [-0.4, -0.2) is 27.0 Å². The minimum Gasteiger partial charge on any atom is -0.453 e. The van der Waals surface area contributed by atoms with Gasteiger partial charge in [0.2, 0.25) is 0 Å². The molecular formula is C21H15F6N2O8P. The monoisotopic (exact) mass is 568 g/mol. The largest absolute Gasteiger partial charge is 0.573 e. The molecule has 3 aromatic rings. The number of amides is 1. The van der Waals surface area contributed by atoms with Gasteiger partial charge in [0.1, 0.15) is 5.75 Å². The minimum atomic E-state index is -5.13. The molecule has 0 aliphatic heterocycles. The van der Waals surface area contributed by atoms with Gasteiger partial charge in [0.05, 0.1) is 29.0 Å². The number of phosphoric acid groups is 1. The molecule has 17 heteroatoms. The first kappa shape index (κ1) is 28.7. The third kappa shape index (κ3) is 7.82. The molecule has 1 aromatic heterocycles. The van der Waals surface area contributed by atoms with Gasteiger partial charge < -0.3 is 29.6 Å². The van der Waals surface area contributed by atoms with Gasteiger partial charge in [-0.15, -0.1) is 13.2 Å². The minimum absolute atomic E-state index is 0.358. The summed E-state index contributed by atoms with van der Waals surface area (Å²) < 4.78 is 103. The maximum atomic E-state index is 13.3. The number of pyridine rings is 1. The van der Waals surface area contributed by atoms with Crippen LogP contribution in [-0.2, 0) is 21.9 Å². The number of anilines is 1. The van der Waals surface area contributed by atoms with Crippen LogP contribution in [0.4, 0.5) is 32.0 Å². The Bertz CT molecular complexity index is 1430. The predicted molar refractivity (Wildman–Crippen MR) is 116 cm³/mol. The van der Waals surface area contributed by atoms with E-state index in [0.29, 0.717) is 18.2 Å². The average molecular weight is 568 g/mol. The Morgan fingerprint density at radius 1 is 0.974 bits per heavy atom. The third-order valence-corrected chi connectivity index (χ3v) is 5.00. The summed E-state index contributed by atoms with van der Waals surface area (Å²) in [7, 11) is -5.06. The Balaban J connectivity index is 2.03. The molecule has 0 atom stereocenters. The Hall–Kier alpha value is -3.85. The van der Waals surface area contributed by atoms with Crippen molar-refractivity contribution in [3.63, 3.8) is 0 Å². The number of ether oxygens (including phenoxy) is 2. The Morgan fingerprint density at radius 2 is 1.63 bits per heavy atom. The predicted octanol–water partition coefficient (Wildman–Crippen LogP) is 4.95. The molecule has 38 heavy (non-hydrogen) atoms. The molecule has 0 spiro atoms. The molecule has 204 valence electrons. The van der Waals surface area contributed by atoms with Crippen LogP contribution in [0.5, 0.6) is 17.2 Å². The molecular weight excluding hydrogens is 553 g/mol. The van der Waals surface area contributed by atoms with E-state index in [1.54, 1.807) is 0 Å². The first-order chi connectivity index (χ1) is 17.5. The molecule has 3 rings (SSSR count). The zero-order valence-corrected chi connectivity index (χ0v) is 19.4. The molecule has 0 fully saturated rings. The molecule has 0 unspecified atom stereocenters. The number of hydrogen-bond acceptors (Lipinski definition) is 6. The highest BCUT2D eigenvalue weighted by Gasteiger charge is 2.34. The number of rotatable bonds is 8. The fourth-order valence-electron chi connectivity index (χ4n) is 2.94. The van der Waals surface area contributed by atoms with E-state index < -0.39 is 78.1 Å². The maximum Gasteiger partial charge on any atom is 0.573 e. The summed E-state index contributed by atoms with van der Waals surface area (Å²) in [4.78, 5) is 45.0. The maximum absolute atomic E-state index is 13.3. The number of aromatic amines is 1. The quantitative estimate of drug-likeness (QED) is 0.221. The molecule has 1 heterocycles. The van der Waals surface area contributed by atoms with Crippen molar-refractivity contribution in [1.82, 2.24) is 4.98 Å². The van der Waals surface area contributed by atoms with Crippen molar-refractivity contribution in [2.24, 2.45) is 0 Å². The number of para-hydroxylation sites is 2. The first-order valence-corrected chi connectivity index (χ1v) is 11.5. The van der Waals surface area contributed by atoms with E-state index in [1.165, 1.54) is 12.1 Å². The molecule has 1 amide bonds. The molecule has 0 radical (unpaired) electrons. The molecule has 0 aliphatic rings. The van der Waals surface area contributed by atoms with Gasteiger partial charge in [-0.25, -0.2) is 4.57 Å². The van der Waals surface area contributed by atoms with Gasteiger partial charge in [0.15, 0.2) is 11.5 Å². The lowest BCUT2D eigenvalue weighted by atomic mass is 10.1. The van der Waals surface area contributed by atoms with Gasteiger partial charge >= 0.3 is 20.4 Å². The summed E-state index contributed by atoms with van der Waals surface area (Å²) in [6.45, 7) is -0.996. The number of alkyl halides is 6. The number of halogens is 6. The number of aromatic nitrogens is 1. The SMILES string of the molecule is O=C(Nc1cc[nH]c(=O)c1COP(=O)(O)O)c1cc(C(F)(F)F)ccc1Oc1ccccc1OC(F)(F)F. The normalized spacial score (nSPS) is 12.2. The lowest BCUT2D eigenvalue weighted by Crippen LogP contribution is -2.21. The molecule has 10 nitrogen and oxygen atoms in total. The highest BCUT2D eigenvalue weighted by molar-refractivity contribution is 7.46. The zero-order chi connectivity index (χ0) is 28.3. The third-order valence-electron chi connectivity index (χ3n) is 4.54. The van der Waals surface area contributed by atoms with Gasteiger partial charge in [-0.3, -0.25) is 14.1 Å². The van der Waals surface area contributed by atoms with E-state index in [0.717, 1.165) is 24.4 Å². The van der Waals surface area contributed by atoms with Crippen molar-refractivity contribution >= 4 is 19.4 Å². The molecule has 0 bridgehead atoms. The number of carbonyl (C=O) groups excluding carboxylic acids is 1. The summed E-state index contributed by atoms with van der Waals surface area (Å²) in [6.07, 6.45) is -9.05. The van der Waals surface area contributed by atoms with E-state index in [9.17, 15) is 40.5 Å². The number of carbonyl (C=O) groups is 1. The number of nitrogens with one attached hydrogen (secondary N) is 2. The lowest BCUT2D eigenvalue weighted by Gasteiger charge is -2.17. The number of phosphoric ester groups is 1. The van der Waals surface area contributed by atoms with Crippen LogP contribution in [0.15, 0.2) is 59.5 Å². The smallest absolute Gasteiger partial charge is 0.453 e.